The fourth-order valence-corrected chi connectivity index (χ4v) is 2.57. The van der Waals surface area contributed by atoms with Crippen LogP contribution in [0.1, 0.15) is 42.2 Å². The fourth-order valence-electron chi connectivity index (χ4n) is 2.44. The van der Waals surface area contributed by atoms with Crippen LogP contribution in [0.15, 0.2) is 29.3 Å². The number of carbonyl (C=O) groups excluding carboxylic acids is 1. The van der Waals surface area contributed by atoms with Crippen LogP contribution < -0.4 is 27.3 Å². The van der Waals surface area contributed by atoms with Gasteiger partial charge in [0.1, 0.15) is 5.75 Å². The van der Waals surface area contributed by atoms with E-state index < -0.39 is 5.91 Å². The molecule has 0 saturated carbocycles. The monoisotopic (exact) mass is 419 g/mol. The minimum absolute atomic E-state index is 0.0263. The van der Waals surface area contributed by atoms with Crippen LogP contribution in [0.25, 0.3) is 0 Å². The molecule has 0 fully saturated rings. The van der Waals surface area contributed by atoms with Gasteiger partial charge in [-0.05, 0) is 43.4 Å². The van der Waals surface area contributed by atoms with Crippen LogP contribution in [-0.4, -0.2) is 35.0 Å². The molecule has 1 amide bonds. The van der Waals surface area contributed by atoms with Crippen LogP contribution in [0, 0.1) is 0 Å². The molecule has 0 radical (unpaired) electrons. The van der Waals surface area contributed by atoms with Crippen molar-refractivity contribution < 1.29 is 9.53 Å². The topological polar surface area (TPSA) is 155 Å². The van der Waals surface area contributed by atoms with Crippen molar-refractivity contribution in [3.63, 3.8) is 0 Å². The van der Waals surface area contributed by atoms with Crippen molar-refractivity contribution >= 4 is 35.1 Å². The van der Waals surface area contributed by atoms with E-state index >= 15 is 0 Å². The normalized spacial score (nSPS) is 11.3. The van der Waals surface area contributed by atoms with E-state index in [2.05, 4.69) is 39.3 Å². The Labute approximate surface area is 174 Å². The third-order valence-electron chi connectivity index (χ3n) is 3.92. The number of rotatable bonds is 9. The molecular formula is C19H26ClN7O2. The van der Waals surface area contributed by atoms with Crippen LogP contribution in [0.4, 0.5) is 11.6 Å². The number of unbranched alkanes of at least 4 members (excludes halogenated alkanes) is 1. The van der Waals surface area contributed by atoms with Crippen molar-refractivity contribution in [1.29, 1.82) is 0 Å². The van der Waals surface area contributed by atoms with Gasteiger partial charge in [-0.2, -0.15) is 4.99 Å². The number of guanidine groups is 1. The first-order valence-electron chi connectivity index (χ1n) is 9.33. The van der Waals surface area contributed by atoms with Gasteiger partial charge in [-0.15, -0.1) is 0 Å². The first-order valence-corrected chi connectivity index (χ1v) is 9.71. The summed E-state index contributed by atoms with van der Waals surface area (Å²) in [5.74, 6) is -0.0917. The second-order valence-electron chi connectivity index (χ2n) is 6.31. The van der Waals surface area contributed by atoms with Crippen molar-refractivity contribution in [2.24, 2.45) is 10.7 Å². The Hall–Kier alpha value is -3.07. The Morgan fingerprint density at radius 1 is 1.17 bits per heavy atom. The number of nitrogen functional groups attached to an aromatic ring is 2. The van der Waals surface area contributed by atoms with Gasteiger partial charge in [-0.25, -0.2) is 9.97 Å². The Kier molecular flexibility index (Phi) is 8.47. The Morgan fingerprint density at radius 2 is 1.90 bits per heavy atom. The number of benzene rings is 1. The van der Waals surface area contributed by atoms with Gasteiger partial charge >= 0.3 is 5.91 Å². The van der Waals surface area contributed by atoms with Crippen LogP contribution in [-0.2, 0) is 6.42 Å². The fraction of sp³-hybridized carbons (Fsp3) is 0.368. The molecule has 0 aliphatic rings. The lowest BCUT2D eigenvalue weighted by Gasteiger charge is -2.07. The van der Waals surface area contributed by atoms with E-state index in [1.54, 1.807) is 0 Å². The third kappa shape index (κ3) is 7.11. The Morgan fingerprint density at radius 3 is 2.59 bits per heavy atom. The molecule has 29 heavy (non-hydrogen) atoms. The molecule has 9 nitrogen and oxygen atoms in total. The van der Waals surface area contributed by atoms with Crippen molar-refractivity contribution in [2.75, 3.05) is 24.6 Å². The van der Waals surface area contributed by atoms with E-state index in [1.807, 2.05) is 12.1 Å². The first-order chi connectivity index (χ1) is 13.9. The number of ether oxygens (including phenoxy) is 1. The minimum Gasteiger partial charge on any atom is -0.494 e. The summed E-state index contributed by atoms with van der Waals surface area (Å²) in [6.45, 7) is 3.37. The van der Waals surface area contributed by atoms with Gasteiger partial charge in [-0.3, -0.25) is 4.79 Å². The van der Waals surface area contributed by atoms with Crippen molar-refractivity contribution in [3.05, 3.63) is 40.7 Å². The molecule has 0 aliphatic carbocycles. The predicted octanol–water partition coefficient (Wildman–Crippen LogP) is 2.15. The summed E-state index contributed by atoms with van der Waals surface area (Å²) in [6, 6.07) is 8.10. The smallest absolute Gasteiger partial charge is 0.302 e. The summed E-state index contributed by atoms with van der Waals surface area (Å²) < 4.78 is 5.57. The average Bonchev–Trinajstić information content (AvgIpc) is 2.69. The van der Waals surface area contributed by atoms with Crippen LogP contribution in [0.5, 0.6) is 5.75 Å². The third-order valence-corrected chi connectivity index (χ3v) is 4.20. The van der Waals surface area contributed by atoms with Gasteiger partial charge in [-0.1, -0.05) is 30.7 Å². The maximum Gasteiger partial charge on any atom is 0.302 e. The van der Waals surface area contributed by atoms with Gasteiger partial charge in [0, 0.05) is 6.54 Å². The molecule has 0 unspecified atom stereocenters. The number of carbonyl (C=O) groups is 1. The number of aromatic nitrogens is 2. The second kappa shape index (κ2) is 11.1. The van der Waals surface area contributed by atoms with Gasteiger partial charge in [0.05, 0.1) is 6.61 Å². The maximum atomic E-state index is 12.1. The molecule has 1 aromatic heterocycles. The van der Waals surface area contributed by atoms with Crippen LogP contribution >= 0.6 is 11.6 Å². The van der Waals surface area contributed by atoms with E-state index in [9.17, 15) is 4.79 Å². The molecule has 2 aromatic rings. The summed E-state index contributed by atoms with van der Waals surface area (Å²) in [5.41, 5.74) is 17.9. The lowest BCUT2D eigenvalue weighted by atomic mass is 10.1. The molecule has 2 rings (SSSR count). The number of nitrogens with zero attached hydrogens (tertiary/aromatic N) is 3. The molecule has 0 aliphatic heterocycles. The molecule has 1 aromatic carbocycles. The van der Waals surface area contributed by atoms with Crippen molar-refractivity contribution in [1.82, 2.24) is 15.3 Å². The Balaban J connectivity index is 1.74. The number of hydrogen-bond donors (Lipinski definition) is 4. The second-order valence-corrected chi connectivity index (χ2v) is 6.67. The highest BCUT2D eigenvalue weighted by Gasteiger charge is 2.15. The zero-order valence-corrected chi connectivity index (χ0v) is 17.1. The van der Waals surface area contributed by atoms with Crippen molar-refractivity contribution in [3.8, 4) is 5.75 Å². The standard InChI is InChI=1S/C19H26ClN7O2/c1-2-11-29-13-8-6-12(7-9-13)5-3-4-10-24-19(23)27-18(28)14-16(21)26-17(22)15(20)25-14/h6-9H,2-5,10-11H2,1H3,(H4,21,22,26)(H3,23,24,27,28). The summed E-state index contributed by atoms with van der Waals surface area (Å²) in [7, 11) is 0. The Bertz CT molecular complexity index is 856. The largest absolute Gasteiger partial charge is 0.494 e. The number of nitrogens with two attached hydrogens (primary N) is 3. The number of aryl methyl sites for hydroxylation is 1. The first kappa shape index (κ1) is 22.2. The van der Waals surface area contributed by atoms with E-state index in [4.69, 9.17) is 33.5 Å². The molecule has 1 heterocycles. The number of aliphatic imine (C=N–C) groups is 1. The van der Waals surface area contributed by atoms with Crippen LogP contribution in [0.2, 0.25) is 5.15 Å². The molecular weight excluding hydrogens is 394 g/mol. The SMILES string of the molecule is CCCOc1ccc(CCCCN/C(N)=N/C(=O)c2nc(Cl)c(N)nc2N)cc1. The highest BCUT2D eigenvalue weighted by Crippen LogP contribution is 2.18. The van der Waals surface area contributed by atoms with Gasteiger partial charge in [0.15, 0.2) is 28.4 Å². The lowest BCUT2D eigenvalue weighted by Crippen LogP contribution is -2.33. The van der Waals surface area contributed by atoms with Gasteiger partial charge < -0.3 is 27.3 Å². The molecule has 0 spiro atoms. The minimum atomic E-state index is -0.743. The van der Waals surface area contributed by atoms with E-state index in [1.165, 1.54) is 5.56 Å². The highest BCUT2D eigenvalue weighted by molar-refractivity contribution is 6.31. The predicted molar refractivity (Wildman–Crippen MR) is 115 cm³/mol. The summed E-state index contributed by atoms with van der Waals surface area (Å²) in [4.78, 5) is 23.4. The zero-order valence-electron chi connectivity index (χ0n) is 16.3. The number of anilines is 2. The lowest BCUT2D eigenvalue weighted by molar-refractivity contribution is 0.0998. The molecule has 0 bridgehead atoms. The van der Waals surface area contributed by atoms with Crippen molar-refractivity contribution in [2.45, 2.75) is 32.6 Å². The summed E-state index contributed by atoms with van der Waals surface area (Å²) >= 11 is 5.76. The number of hydrogen-bond acceptors (Lipinski definition) is 6. The van der Waals surface area contributed by atoms with E-state index in [0.29, 0.717) is 6.54 Å². The molecule has 0 saturated heterocycles. The number of halogens is 1. The number of nitrogens with one attached hydrogen (secondary N) is 1. The summed E-state index contributed by atoms with van der Waals surface area (Å²) in [6.07, 6.45) is 3.73. The zero-order chi connectivity index (χ0) is 21.2. The maximum absolute atomic E-state index is 12.1. The molecule has 10 heteroatoms. The van der Waals surface area contributed by atoms with Crippen LogP contribution in [0.3, 0.4) is 0 Å². The van der Waals surface area contributed by atoms with Gasteiger partial charge in [0.25, 0.3) is 0 Å². The average molecular weight is 420 g/mol. The highest BCUT2D eigenvalue weighted by atomic mass is 35.5. The molecule has 156 valence electrons. The van der Waals surface area contributed by atoms with E-state index in [-0.39, 0.29) is 28.4 Å². The van der Waals surface area contributed by atoms with Gasteiger partial charge in [0.2, 0.25) is 0 Å². The quantitative estimate of drug-likeness (QED) is 0.273. The summed E-state index contributed by atoms with van der Waals surface area (Å²) in [5, 5.41) is 2.77. The molecule has 0 atom stereocenters. The number of amides is 1. The molecule has 7 N–H and O–H groups in total. The van der Waals surface area contributed by atoms with E-state index in [0.717, 1.165) is 38.0 Å².